The Morgan fingerprint density at radius 2 is 1.65 bits per heavy atom. The first-order chi connectivity index (χ1) is 14.8. The summed E-state index contributed by atoms with van der Waals surface area (Å²) in [7, 11) is 0. The van der Waals surface area contributed by atoms with Crippen LogP contribution in [-0.2, 0) is 16.8 Å². The highest BCUT2D eigenvalue weighted by Crippen LogP contribution is 2.25. The van der Waals surface area contributed by atoms with Crippen molar-refractivity contribution in [1.82, 2.24) is 9.47 Å². The van der Waals surface area contributed by atoms with Gasteiger partial charge in [-0.2, -0.15) is 0 Å². The summed E-state index contributed by atoms with van der Waals surface area (Å²) in [5.41, 5.74) is 2.79. The van der Waals surface area contributed by atoms with E-state index in [1.165, 1.54) is 5.56 Å². The number of likely N-dealkylation sites (tertiary alicyclic amines) is 1. The van der Waals surface area contributed by atoms with Crippen molar-refractivity contribution < 1.29 is 14.3 Å². The van der Waals surface area contributed by atoms with Crippen LogP contribution in [0.4, 0.5) is 0 Å². The molecule has 1 saturated heterocycles. The molecule has 0 N–H and O–H groups in total. The van der Waals surface area contributed by atoms with Crippen molar-refractivity contribution in [3.05, 3.63) is 65.9 Å². The molecule has 2 heterocycles. The lowest BCUT2D eigenvalue weighted by molar-refractivity contribution is -0.125. The van der Waals surface area contributed by atoms with Crippen molar-refractivity contribution in [1.29, 1.82) is 0 Å². The largest absolute Gasteiger partial charge is 0.492 e. The molecule has 1 aliphatic heterocycles. The van der Waals surface area contributed by atoms with Gasteiger partial charge in [-0.05, 0) is 42.0 Å². The second kappa shape index (κ2) is 8.58. The van der Waals surface area contributed by atoms with E-state index in [1.54, 1.807) is 11.1 Å². The maximum absolute atomic E-state index is 12.9. The van der Waals surface area contributed by atoms with E-state index >= 15 is 0 Å². The molecule has 5 heteroatoms. The molecule has 0 bridgehead atoms. The topological polar surface area (TPSA) is 51.5 Å². The van der Waals surface area contributed by atoms with E-state index < -0.39 is 11.7 Å². The van der Waals surface area contributed by atoms with Gasteiger partial charge in [-0.25, -0.2) is 0 Å². The number of fused-ring (bicyclic) bond motifs is 1. The highest BCUT2D eigenvalue weighted by molar-refractivity contribution is 6.44. The minimum absolute atomic E-state index is 0.109. The predicted molar refractivity (Wildman–Crippen MR) is 123 cm³/mol. The zero-order valence-electron chi connectivity index (χ0n) is 18.6. The van der Waals surface area contributed by atoms with E-state index in [9.17, 15) is 9.59 Å². The second-order valence-corrected chi connectivity index (χ2v) is 9.20. The zero-order chi connectivity index (χ0) is 22.0. The summed E-state index contributed by atoms with van der Waals surface area (Å²) in [5, 5.41) is 0.814. The Balaban J connectivity index is 1.48. The molecule has 4 rings (SSSR count). The number of amides is 1. The van der Waals surface area contributed by atoms with Gasteiger partial charge in [-0.15, -0.1) is 0 Å². The minimum atomic E-state index is -0.421. The number of ketones is 1. The van der Waals surface area contributed by atoms with Gasteiger partial charge in [0.05, 0.1) is 12.1 Å². The van der Waals surface area contributed by atoms with Gasteiger partial charge in [0, 0.05) is 30.2 Å². The van der Waals surface area contributed by atoms with Crippen molar-refractivity contribution in [2.45, 2.75) is 45.6 Å². The van der Waals surface area contributed by atoms with Crippen LogP contribution in [0.15, 0.2) is 54.7 Å². The highest BCUT2D eigenvalue weighted by atomic mass is 16.5. The number of carbonyl (C=O) groups is 2. The molecule has 1 amide bonds. The van der Waals surface area contributed by atoms with E-state index in [0.29, 0.717) is 31.8 Å². The summed E-state index contributed by atoms with van der Waals surface area (Å²) in [6, 6.07) is 15.9. The summed E-state index contributed by atoms with van der Waals surface area (Å²) in [5.74, 6) is 0.0103. The molecule has 0 aliphatic carbocycles. The Bertz CT molecular complexity index is 1080. The van der Waals surface area contributed by atoms with Crippen LogP contribution in [0.3, 0.4) is 0 Å². The van der Waals surface area contributed by atoms with E-state index in [2.05, 4.69) is 32.9 Å². The third kappa shape index (κ3) is 4.50. The van der Waals surface area contributed by atoms with Crippen molar-refractivity contribution in [3.63, 3.8) is 0 Å². The molecular formula is C26H30N2O3. The molecule has 1 aliphatic rings. The Labute approximate surface area is 183 Å². The maximum atomic E-state index is 12.9. The van der Waals surface area contributed by atoms with Crippen LogP contribution in [-0.4, -0.2) is 40.9 Å². The van der Waals surface area contributed by atoms with Gasteiger partial charge in [-0.1, -0.05) is 51.1 Å². The van der Waals surface area contributed by atoms with Crippen LogP contribution in [0.25, 0.3) is 10.9 Å². The molecule has 0 unspecified atom stereocenters. The standard InChI is InChI=1S/C26H30N2O3/c1-26(2,3)19-10-12-20(13-11-19)31-17-16-28-18-22(21-8-4-5-9-23(21)28)24(29)25(30)27-14-6-7-15-27/h4-5,8-13,18H,6-7,14-17H2,1-3H3. The maximum Gasteiger partial charge on any atom is 0.295 e. The van der Waals surface area contributed by atoms with Gasteiger partial charge >= 0.3 is 0 Å². The van der Waals surface area contributed by atoms with Crippen LogP contribution >= 0.6 is 0 Å². The molecule has 0 atom stereocenters. The van der Waals surface area contributed by atoms with Gasteiger partial charge < -0.3 is 14.2 Å². The summed E-state index contributed by atoms with van der Waals surface area (Å²) in [6.45, 7) is 8.97. The third-order valence-electron chi connectivity index (χ3n) is 5.94. The first-order valence-electron chi connectivity index (χ1n) is 11.0. The average Bonchev–Trinajstić information content (AvgIpc) is 3.41. The fraction of sp³-hybridized carbons (Fsp3) is 0.385. The lowest BCUT2D eigenvalue weighted by Gasteiger charge is -2.19. The molecule has 0 saturated carbocycles. The number of benzene rings is 2. The number of rotatable bonds is 6. The van der Waals surface area contributed by atoms with Crippen molar-refractivity contribution in [2.75, 3.05) is 19.7 Å². The van der Waals surface area contributed by atoms with E-state index in [0.717, 1.165) is 29.5 Å². The molecule has 3 aromatic rings. The molecule has 31 heavy (non-hydrogen) atoms. The normalized spacial score (nSPS) is 14.2. The van der Waals surface area contributed by atoms with Gasteiger partial charge in [-0.3, -0.25) is 9.59 Å². The number of carbonyl (C=O) groups excluding carboxylic acids is 2. The number of ether oxygens (including phenoxy) is 1. The number of para-hydroxylation sites is 1. The Hall–Kier alpha value is -3.08. The van der Waals surface area contributed by atoms with Crippen LogP contribution < -0.4 is 4.74 Å². The molecule has 1 aromatic heterocycles. The fourth-order valence-electron chi connectivity index (χ4n) is 4.10. The number of nitrogens with zero attached hydrogens (tertiary/aromatic N) is 2. The lowest BCUT2D eigenvalue weighted by atomic mass is 9.87. The highest BCUT2D eigenvalue weighted by Gasteiger charge is 2.28. The molecular weight excluding hydrogens is 388 g/mol. The molecule has 0 spiro atoms. The van der Waals surface area contributed by atoms with E-state index in [1.807, 2.05) is 41.0 Å². The summed E-state index contributed by atoms with van der Waals surface area (Å²) >= 11 is 0. The van der Waals surface area contributed by atoms with Crippen molar-refractivity contribution in [2.24, 2.45) is 0 Å². The quantitative estimate of drug-likeness (QED) is 0.426. The predicted octanol–water partition coefficient (Wildman–Crippen LogP) is 4.82. The summed E-state index contributed by atoms with van der Waals surface area (Å²) in [4.78, 5) is 27.2. The number of hydrogen-bond donors (Lipinski definition) is 0. The average molecular weight is 419 g/mol. The summed E-state index contributed by atoms with van der Waals surface area (Å²) < 4.78 is 7.95. The van der Waals surface area contributed by atoms with Crippen LogP contribution in [0, 0.1) is 0 Å². The molecule has 2 aromatic carbocycles. The Morgan fingerprint density at radius 1 is 0.968 bits per heavy atom. The first-order valence-corrected chi connectivity index (χ1v) is 11.0. The van der Waals surface area contributed by atoms with Gasteiger partial charge in [0.15, 0.2) is 0 Å². The lowest BCUT2D eigenvalue weighted by Crippen LogP contribution is -2.34. The molecule has 5 nitrogen and oxygen atoms in total. The molecule has 162 valence electrons. The van der Waals surface area contributed by atoms with Crippen LogP contribution in [0.1, 0.15) is 49.5 Å². The van der Waals surface area contributed by atoms with E-state index in [4.69, 9.17) is 4.74 Å². The zero-order valence-corrected chi connectivity index (χ0v) is 18.6. The SMILES string of the molecule is CC(C)(C)c1ccc(OCCn2cc(C(=O)C(=O)N3CCCC3)c3ccccc32)cc1. The van der Waals surface area contributed by atoms with Crippen molar-refractivity contribution >= 4 is 22.6 Å². The van der Waals surface area contributed by atoms with Gasteiger partial charge in [0.2, 0.25) is 0 Å². The van der Waals surface area contributed by atoms with Gasteiger partial charge in [0.25, 0.3) is 11.7 Å². The van der Waals surface area contributed by atoms with E-state index in [-0.39, 0.29) is 5.41 Å². The Kier molecular flexibility index (Phi) is 5.86. The Morgan fingerprint density at radius 3 is 2.32 bits per heavy atom. The minimum Gasteiger partial charge on any atom is -0.492 e. The monoisotopic (exact) mass is 418 g/mol. The second-order valence-electron chi connectivity index (χ2n) is 9.20. The van der Waals surface area contributed by atoms with Crippen LogP contribution in [0.5, 0.6) is 5.75 Å². The molecule has 1 fully saturated rings. The van der Waals surface area contributed by atoms with Crippen LogP contribution in [0.2, 0.25) is 0 Å². The number of aromatic nitrogens is 1. The van der Waals surface area contributed by atoms with Gasteiger partial charge in [0.1, 0.15) is 12.4 Å². The number of Topliss-reactive ketones (excluding diaryl/α,β-unsaturated/α-hetero) is 1. The summed E-state index contributed by atoms with van der Waals surface area (Å²) in [6.07, 6.45) is 3.73. The number of hydrogen-bond acceptors (Lipinski definition) is 3. The first kappa shape index (κ1) is 21.2. The fourth-order valence-corrected chi connectivity index (χ4v) is 4.10. The third-order valence-corrected chi connectivity index (χ3v) is 5.94. The molecule has 0 radical (unpaired) electrons. The van der Waals surface area contributed by atoms with Crippen molar-refractivity contribution in [3.8, 4) is 5.75 Å². The smallest absolute Gasteiger partial charge is 0.295 e.